The first-order valence-electron chi connectivity index (χ1n) is 11.2. The predicted octanol–water partition coefficient (Wildman–Crippen LogP) is 5.20. The van der Waals surface area contributed by atoms with Crippen LogP contribution in [0.4, 0.5) is 0 Å². The van der Waals surface area contributed by atoms with Gasteiger partial charge in [0.25, 0.3) is 5.91 Å². The van der Waals surface area contributed by atoms with Gasteiger partial charge in [-0.3, -0.25) is 9.59 Å². The van der Waals surface area contributed by atoms with Gasteiger partial charge in [0.2, 0.25) is 0 Å². The lowest BCUT2D eigenvalue weighted by molar-refractivity contribution is -0.151. The summed E-state index contributed by atoms with van der Waals surface area (Å²) in [5, 5.41) is 2.10. The smallest absolute Gasteiger partial charge is 0.310 e. The van der Waals surface area contributed by atoms with Gasteiger partial charge in [0.15, 0.2) is 6.61 Å². The Labute approximate surface area is 194 Å². The lowest BCUT2D eigenvalue weighted by atomic mass is 10.0. The molecule has 0 spiro atoms. The molecular formula is C29H27NO3. The number of carbonyl (C=O) groups excluding carboxylic acids is 2. The minimum atomic E-state index is -0.401. The van der Waals surface area contributed by atoms with Gasteiger partial charge in [0.1, 0.15) is 0 Å². The van der Waals surface area contributed by atoms with Crippen LogP contribution in [0.3, 0.4) is 0 Å². The van der Waals surface area contributed by atoms with E-state index < -0.39 is 5.97 Å². The normalized spacial score (nSPS) is 10.7. The van der Waals surface area contributed by atoms with Crippen molar-refractivity contribution in [2.45, 2.75) is 19.4 Å². The third-order valence-corrected chi connectivity index (χ3v) is 5.65. The van der Waals surface area contributed by atoms with Crippen molar-refractivity contribution in [2.24, 2.45) is 0 Å². The summed E-state index contributed by atoms with van der Waals surface area (Å²) < 4.78 is 5.40. The van der Waals surface area contributed by atoms with Crippen molar-refractivity contribution in [1.82, 2.24) is 4.90 Å². The molecular weight excluding hydrogens is 410 g/mol. The van der Waals surface area contributed by atoms with Gasteiger partial charge in [-0.1, -0.05) is 103 Å². The van der Waals surface area contributed by atoms with Crippen molar-refractivity contribution in [3.8, 4) is 0 Å². The van der Waals surface area contributed by atoms with Crippen molar-refractivity contribution >= 4 is 22.6 Å². The monoisotopic (exact) mass is 437 g/mol. The van der Waals surface area contributed by atoms with E-state index in [1.165, 1.54) is 0 Å². The number of hydrogen-bond donors (Lipinski definition) is 0. The first-order valence-corrected chi connectivity index (χ1v) is 11.2. The van der Waals surface area contributed by atoms with Crippen LogP contribution < -0.4 is 0 Å². The maximum absolute atomic E-state index is 13.0. The minimum absolute atomic E-state index is 0.136. The van der Waals surface area contributed by atoms with Crippen LogP contribution in [-0.2, 0) is 33.7 Å². The summed E-state index contributed by atoms with van der Waals surface area (Å²) in [5.41, 5.74) is 3.10. The van der Waals surface area contributed by atoms with Gasteiger partial charge >= 0.3 is 5.97 Å². The van der Waals surface area contributed by atoms with Crippen LogP contribution in [0.5, 0.6) is 0 Å². The van der Waals surface area contributed by atoms with Gasteiger partial charge in [0, 0.05) is 13.1 Å². The number of hydrogen-bond acceptors (Lipinski definition) is 3. The number of rotatable bonds is 9. The third kappa shape index (κ3) is 6.30. The SMILES string of the molecule is O=C(Cc1cccc2ccccc12)OCC(=O)N(CCc1ccccc1)Cc1ccccc1. The number of nitrogens with zero attached hydrogens (tertiary/aromatic N) is 1. The number of fused-ring (bicyclic) bond motifs is 1. The molecule has 0 aliphatic heterocycles. The lowest BCUT2D eigenvalue weighted by Crippen LogP contribution is -2.36. The zero-order valence-electron chi connectivity index (χ0n) is 18.5. The van der Waals surface area contributed by atoms with Gasteiger partial charge < -0.3 is 9.64 Å². The van der Waals surface area contributed by atoms with Crippen LogP contribution in [-0.4, -0.2) is 29.9 Å². The van der Waals surface area contributed by atoms with E-state index in [-0.39, 0.29) is 18.9 Å². The Kier molecular flexibility index (Phi) is 7.49. The summed E-state index contributed by atoms with van der Waals surface area (Å²) in [6.07, 6.45) is 0.876. The Morgan fingerprint density at radius 2 is 1.33 bits per heavy atom. The van der Waals surface area contributed by atoms with Crippen LogP contribution in [0.25, 0.3) is 10.8 Å². The van der Waals surface area contributed by atoms with Crippen molar-refractivity contribution in [3.05, 3.63) is 120 Å². The molecule has 0 saturated heterocycles. The zero-order valence-corrected chi connectivity index (χ0v) is 18.5. The van der Waals surface area contributed by atoms with Gasteiger partial charge in [-0.05, 0) is 33.9 Å². The largest absolute Gasteiger partial charge is 0.455 e. The molecule has 0 aliphatic carbocycles. The maximum Gasteiger partial charge on any atom is 0.310 e. The molecule has 0 atom stereocenters. The van der Waals surface area contributed by atoms with Crippen LogP contribution in [0.2, 0.25) is 0 Å². The summed E-state index contributed by atoms with van der Waals surface area (Å²) in [4.78, 5) is 27.3. The number of esters is 1. The molecule has 0 N–H and O–H groups in total. The van der Waals surface area contributed by atoms with Crippen molar-refractivity contribution in [2.75, 3.05) is 13.2 Å². The third-order valence-electron chi connectivity index (χ3n) is 5.65. The Bertz CT molecular complexity index is 1200. The second-order valence-electron chi connectivity index (χ2n) is 8.01. The molecule has 0 saturated carbocycles. The number of carbonyl (C=O) groups is 2. The van der Waals surface area contributed by atoms with E-state index in [9.17, 15) is 9.59 Å². The van der Waals surface area contributed by atoms with Crippen LogP contribution >= 0.6 is 0 Å². The molecule has 0 aliphatic rings. The number of amides is 1. The molecule has 1 amide bonds. The zero-order chi connectivity index (χ0) is 22.9. The molecule has 0 bridgehead atoms. The summed E-state index contributed by atoms with van der Waals surface area (Å²) >= 11 is 0. The molecule has 0 unspecified atom stereocenters. The fraction of sp³-hybridized carbons (Fsp3) is 0.172. The fourth-order valence-electron chi connectivity index (χ4n) is 3.89. The standard InChI is InChI=1S/C29H27NO3/c31-28(22-33-29(32)20-26-16-9-15-25-14-7-8-17-27(25)26)30(21-24-12-5-2-6-13-24)19-18-23-10-3-1-4-11-23/h1-17H,18-22H2. The molecule has 0 aromatic heterocycles. The second kappa shape index (κ2) is 11.1. The minimum Gasteiger partial charge on any atom is -0.455 e. The molecule has 4 aromatic carbocycles. The van der Waals surface area contributed by atoms with Gasteiger partial charge in [0.05, 0.1) is 6.42 Å². The molecule has 166 valence electrons. The highest BCUT2D eigenvalue weighted by Gasteiger charge is 2.17. The van der Waals surface area contributed by atoms with E-state index in [4.69, 9.17) is 4.74 Å². The molecule has 4 aromatic rings. The second-order valence-corrected chi connectivity index (χ2v) is 8.01. The van der Waals surface area contributed by atoms with E-state index in [0.717, 1.165) is 33.9 Å². The molecule has 0 fully saturated rings. The van der Waals surface area contributed by atoms with Gasteiger partial charge in [-0.25, -0.2) is 0 Å². The van der Waals surface area contributed by atoms with Crippen LogP contribution in [0.1, 0.15) is 16.7 Å². The van der Waals surface area contributed by atoms with Gasteiger partial charge in [-0.2, -0.15) is 0 Å². The van der Waals surface area contributed by atoms with Gasteiger partial charge in [-0.15, -0.1) is 0 Å². The molecule has 33 heavy (non-hydrogen) atoms. The number of benzene rings is 4. The predicted molar refractivity (Wildman–Crippen MR) is 131 cm³/mol. The highest BCUT2D eigenvalue weighted by molar-refractivity contribution is 5.89. The van der Waals surface area contributed by atoms with E-state index in [2.05, 4.69) is 12.1 Å². The van der Waals surface area contributed by atoms with E-state index in [0.29, 0.717) is 13.1 Å². The first kappa shape index (κ1) is 22.3. The molecule has 4 rings (SSSR count). The van der Waals surface area contributed by atoms with Crippen molar-refractivity contribution in [1.29, 1.82) is 0 Å². The van der Waals surface area contributed by atoms with E-state index >= 15 is 0 Å². The van der Waals surface area contributed by atoms with E-state index in [1.807, 2.05) is 91.0 Å². The highest BCUT2D eigenvalue weighted by Crippen LogP contribution is 2.19. The van der Waals surface area contributed by atoms with Crippen molar-refractivity contribution < 1.29 is 14.3 Å². The average Bonchev–Trinajstić information content (AvgIpc) is 2.86. The Hall–Kier alpha value is -3.92. The number of ether oxygens (including phenoxy) is 1. The molecule has 0 heterocycles. The van der Waals surface area contributed by atoms with Crippen LogP contribution in [0.15, 0.2) is 103 Å². The fourth-order valence-corrected chi connectivity index (χ4v) is 3.89. The summed E-state index contributed by atoms with van der Waals surface area (Å²) in [6.45, 7) is 0.775. The summed E-state index contributed by atoms with van der Waals surface area (Å²) in [6, 6.07) is 33.7. The van der Waals surface area contributed by atoms with Crippen molar-refractivity contribution in [3.63, 3.8) is 0 Å². The summed E-state index contributed by atoms with van der Waals surface area (Å²) in [7, 11) is 0. The average molecular weight is 438 g/mol. The van der Waals surface area contributed by atoms with E-state index in [1.54, 1.807) is 4.90 Å². The topological polar surface area (TPSA) is 46.6 Å². The molecule has 4 nitrogen and oxygen atoms in total. The molecule has 0 radical (unpaired) electrons. The Morgan fingerprint density at radius 1 is 0.697 bits per heavy atom. The molecule has 4 heteroatoms. The quantitative estimate of drug-likeness (QED) is 0.338. The van der Waals surface area contributed by atoms with Crippen LogP contribution in [0, 0.1) is 0 Å². The Balaban J connectivity index is 1.38. The Morgan fingerprint density at radius 3 is 2.09 bits per heavy atom. The summed E-state index contributed by atoms with van der Waals surface area (Å²) in [5.74, 6) is -0.594. The highest BCUT2D eigenvalue weighted by atomic mass is 16.5. The lowest BCUT2D eigenvalue weighted by Gasteiger charge is -2.23. The maximum atomic E-state index is 13.0. The first-order chi connectivity index (χ1) is 16.2.